The van der Waals surface area contributed by atoms with Gasteiger partial charge in [-0.2, -0.15) is 0 Å². The van der Waals surface area contributed by atoms with E-state index in [4.69, 9.17) is 15.2 Å². The summed E-state index contributed by atoms with van der Waals surface area (Å²) in [7, 11) is 1.72. The predicted octanol–water partition coefficient (Wildman–Crippen LogP) is 1.59. The van der Waals surface area contributed by atoms with Crippen molar-refractivity contribution in [3.8, 4) is 0 Å². The molecule has 6 nitrogen and oxygen atoms in total. The zero-order chi connectivity index (χ0) is 15.1. The minimum atomic E-state index is -0.528. The van der Waals surface area contributed by atoms with Gasteiger partial charge in [-0.05, 0) is 25.1 Å². The Balaban J connectivity index is 2.49. The predicted molar refractivity (Wildman–Crippen MR) is 76.5 cm³/mol. The van der Waals surface area contributed by atoms with E-state index >= 15 is 0 Å². The molecule has 0 heterocycles. The van der Waals surface area contributed by atoms with E-state index in [-0.39, 0.29) is 13.2 Å². The van der Waals surface area contributed by atoms with Gasteiger partial charge in [0.05, 0.1) is 5.56 Å². The van der Waals surface area contributed by atoms with Gasteiger partial charge in [-0.15, -0.1) is 0 Å². The molecule has 0 bridgehead atoms. The minimum absolute atomic E-state index is 0.0152. The fourth-order valence-electron chi connectivity index (χ4n) is 1.39. The fraction of sp³-hybridized carbons (Fsp3) is 0.286. The van der Waals surface area contributed by atoms with Crippen molar-refractivity contribution >= 4 is 23.3 Å². The van der Waals surface area contributed by atoms with E-state index in [1.54, 1.807) is 26.1 Å². The number of nitrogen functional groups attached to an aromatic ring is 1. The minimum Gasteiger partial charge on any atom is -0.459 e. The molecule has 0 fully saturated rings. The van der Waals surface area contributed by atoms with Crippen molar-refractivity contribution in [3.05, 3.63) is 35.9 Å². The Kier molecular flexibility index (Phi) is 5.58. The van der Waals surface area contributed by atoms with Crippen LogP contribution in [0.5, 0.6) is 0 Å². The number of hydrogen-bond acceptors (Lipinski definition) is 6. The first-order valence-corrected chi connectivity index (χ1v) is 6.02. The molecule has 1 rings (SSSR count). The molecule has 3 N–H and O–H groups in total. The lowest BCUT2D eigenvalue weighted by molar-refractivity contribution is -0.140. The van der Waals surface area contributed by atoms with E-state index in [1.165, 1.54) is 6.07 Å². The van der Waals surface area contributed by atoms with Gasteiger partial charge >= 0.3 is 11.9 Å². The maximum absolute atomic E-state index is 11.8. The summed E-state index contributed by atoms with van der Waals surface area (Å²) in [5, 5.41) is 2.89. The molecule has 0 atom stereocenters. The number of benzene rings is 1. The van der Waals surface area contributed by atoms with Gasteiger partial charge in [0.1, 0.15) is 13.2 Å². The highest BCUT2D eigenvalue weighted by Gasteiger charge is 2.10. The number of anilines is 2. The van der Waals surface area contributed by atoms with Crippen molar-refractivity contribution in [2.45, 2.75) is 6.92 Å². The maximum atomic E-state index is 11.8. The van der Waals surface area contributed by atoms with Crippen LogP contribution in [-0.2, 0) is 14.3 Å². The first kappa shape index (κ1) is 15.6. The highest BCUT2D eigenvalue weighted by Crippen LogP contribution is 2.16. The molecule has 20 heavy (non-hydrogen) atoms. The first-order chi connectivity index (χ1) is 9.43. The molecule has 0 radical (unpaired) electrons. The topological polar surface area (TPSA) is 90.7 Å². The lowest BCUT2D eigenvalue weighted by Gasteiger charge is -2.08. The third-order valence-electron chi connectivity index (χ3n) is 2.38. The molecule has 0 aliphatic rings. The van der Waals surface area contributed by atoms with Gasteiger partial charge in [0.15, 0.2) is 0 Å². The second-order valence-electron chi connectivity index (χ2n) is 4.15. The quantitative estimate of drug-likeness (QED) is 0.355. The molecule has 1 aromatic rings. The van der Waals surface area contributed by atoms with Crippen LogP contribution in [-0.4, -0.2) is 32.2 Å². The van der Waals surface area contributed by atoms with E-state index in [2.05, 4.69) is 11.9 Å². The number of nitrogens with one attached hydrogen (secondary N) is 1. The van der Waals surface area contributed by atoms with Crippen molar-refractivity contribution in [1.82, 2.24) is 0 Å². The summed E-state index contributed by atoms with van der Waals surface area (Å²) < 4.78 is 9.79. The van der Waals surface area contributed by atoms with E-state index in [1.807, 2.05) is 0 Å². The molecule has 0 spiro atoms. The number of ether oxygens (including phenoxy) is 2. The van der Waals surface area contributed by atoms with Crippen molar-refractivity contribution in [1.29, 1.82) is 0 Å². The van der Waals surface area contributed by atoms with Crippen molar-refractivity contribution in [3.63, 3.8) is 0 Å². The molecule has 0 aromatic heterocycles. The van der Waals surface area contributed by atoms with Crippen LogP contribution >= 0.6 is 0 Å². The summed E-state index contributed by atoms with van der Waals surface area (Å²) in [6.07, 6.45) is 0. The Morgan fingerprint density at radius 3 is 2.50 bits per heavy atom. The van der Waals surface area contributed by atoms with Gasteiger partial charge in [0, 0.05) is 24.0 Å². The molecule has 0 saturated carbocycles. The SMILES string of the molecule is C=C(C)C(=O)OCCOC(=O)c1cc(N)cc(NC)c1. The molecule has 0 unspecified atom stereocenters. The summed E-state index contributed by atoms with van der Waals surface area (Å²) in [5.41, 5.74) is 7.47. The van der Waals surface area contributed by atoms with Crippen molar-refractivity contribution in [2.24, 2.45) is 0 Å². The summed E-state index contributed by atoms with van der Waals surface area (Å²) >= 11 is 0. The molecule has 6 heteroatoms. The number of carbonyl (C=O) groups is 2. The summed E-state index contributed by atoms with van der Waals surface area (Å²) in [6, 6.07) is 4.84. The fourth-order valence-corrected chi connectivity index (χ4v) is 1.39. The number of esters is 2. The summed E-state index contributed by atoms with van der Waals surface area (Å²) in [6.45, 7) is 4.94. The third-order valence-corrected chi connectivity index (χ3v) is 2.38. The molecule has 1 aromatic carbocycles. The van der Waals surface area contributed by atoms with Gasteiger partial charge in [-0.1, -0.05) is 6.58 Å². The molecule has 0 saturated heterocycles. The highest BCUT2D eigenvalue weighted by molar-refractivity contribution is 5.92. The maximum Gasteiger partial charge on any atom is 0.338 e. The molecule has 0 amide bonds. The number of rotatable bonds is 6. The smallest absolute Gasteiger partial charge is 0.338 e. The van der Waals surface area contributed by atoms with E-state index in [0.717, 1.165) is 0 Å². The van der Waals surface area contributed by atoms with Crippen molar-refractivity contribution < 1.29 is 19.1 Å². The lowest BCUT2D eigenvalue weighted by Crippen LogP contribution is -2.14. The van der Waals surface area contributed by atoms with Crippen molar-refractivity contribution in [2.75, 3.05) is 31.3 Å². The van der Waals surface area contributed by atoms with Crippen LogP contribution in [0.15, 0.2) is 30.4 Å². The monoisotopic (exact) mass is 278 g/mol. The zero-order valence-corrected chi connectivity index (χ0v) is 11.6. The normalized spacial score (nSPS) is 9.70. The Bertz CT molecular complexity index is 526. The average Bonchev–Trinajstić information content (AvgIpc) is 2.42. The Labute approximate surface area is 117 Å². The van der Waals surface area contributed by atoms with Gasteiger partial charge in [0.2, 0.25) is 0 Å². The van der Waals surface area contributed by atoms with Crippen LogP contribution in [0, 0.1) is 0 Å². The average molecular weight is 278 g/mol. The molecule has 0 aliphatic carbocycles. The largest absolute Gasteiger partial charge is 0.459 e. The molecule has 0 aliphatic heterocycles. The van der Waals surface area contributed by atoms with Gasteiger partial charge in [-0.25, -0.2) is 9.59 Å². The van der Waals surface area contributed by atoms with E-state index in [0.29, 0.717) is 22.5 Å². The molecular weight excluding hydrogens is 260 g/mol. The summed E-state index contributed by atoms with van der Waals surface area (Å²) in [4.78, 5) is 22.9. The van der Waals surface area contributed by atoms with Crippen LogP contribution in [0.4, 0.5) is 11.4 Å². The van der Waals surface area contributed by atoms with Crippen LogP contribution in [0.25, 0.3) is 0 Å². The van der Waals surface area contributed by atoms with Gasteiger partial charge in [-0.3, -0.25) is 0 Å². The standard InChI is InChI=1S/C14H18N2O4/c1-9(2)13(17)19-4-5-20-14(18)10-6-11(15)8-12(7-10)16-3/h6-8,16H,1,4-5,15H2,2-3H3. The van der Waals surface area contributed by atoms with E-state index in [9.17, 15) is 9.59 Å². The molecule has 108 valence electrons. The zero-order valence-electron chi connectivity index (χ0n) is 11.6. The van der Waals surface area contributed by atoms with Gasteiger partial charge < -0.3 is 20.5 Å². The van der Waals surface area contributed by atoms with Gasteiger partial charge in [0.25, 0.3) is 0 Å². The number of hydrogen-bond donors (Lipinski definition) is 2. The second-order valence-corrected chi connectivity index (χ2v) is 4.15. The first-order valence-electron chi connectivity index (χ1n) is 6.02. The number of carbonyl (C=O) groups excluding carboxylic acids is 2. The summed E-state index contributed by atoms with van der Waals surface area (Å²) in [5.74, 6) is -1.04. The Hall–Kier alpha value is -2.50. The second kappa shape index (κ2) is 7.18. The Morgan fingerprint density at radius 2 is 1.90 bits per heavy atom. The van der Waals surface area contributed by atoms with Crippen LogP contribution in [0.2, 0.25) is 0 Å². The van der Waals surface area contributed by atoms with Crippen LogP contribution in [0.1, 0.15) is 17.3 Å². The van der Waals surface area contributed by atoms with Crippen LogP contribution < -0.4 is 11.1 Å². The van der Waals surface area contributed by atoms with Crippen LogP contribution in [0.3, 0.4) is 0 Å². The number of nitrogens with two attached hydrogens (primary N) is 1. The lowest BCUT2D eigenvalue weighted by atomic mass is 10.2. The third kappa shape index (κ3) is 4.64. The van der Waals surface area contributed by atoms with E-state index < -0.39 is 11.9 Å². The molecular formula is C14H18N2O4. The highest BCUT2D eigenvalue weighted by atomic mass is 16.6. The Morgan fingerprint density at radius 1 is 1.25 bits per heavy atom.